The summed E-state index contributed by atoms with van der Waals surface area (Å²) >= 11 is 7.08. The van der Waals surface area contributed by atoms with E-state index in [0.717, 1.165) is 5.56 Å². The zero-order valence-corrected chi connectivity index (χ0v) is 23.6. The number of nitrogens with zero attached hydrogens (tertiary/aromatic N) is 6. The van der Waals surface area contributed by atoms with Gasteiger partial charge in [-0.05, 0) is 55.6 Å². The molecule has 0 saturated carbocycles. The molecule has 38 heavy (non-hydrogen) atoms. The van der Waals surface area contributed by atoms with E-state index in [1.54, 1.807) is 24.4 Å². The molecule has 3 heterocycles. The van der Waals surface area contributed by atoms with E-state index in [1.165, 1.54) is 6.07 Å². The Hall–Kier alpha value is -2.87. The second-order valence-electron chi connectivity index (χ2n) is 8.52. The largest absolute Gasteiger partial charge is 0.486 e. The molecule has 2 saturated heterocycles. The van der Waals surface area contributed by atoms with Crippen molar-refractivity contribution in [3.05, 3.63) is 62.3 Å². The van der Waals surface area contributed by atoms with Gasteiger partial charge < -0.3 is 24.0 Å². The molecule has 3 aromatic rings. The Morgan fingerprint density at radius 2 is 1.50 bits per heavy atom. The Bertz CT molecular complexity index is 1230. The molecule has 0 radical (unpaired) electrons. The van der Waals surface area contributed by atoms with Crippen molar-refractivity contribution >= 4 is 55.9 Å². The maximum atomic E-state index is 13.9. The van der Waals surface area contributed by atoms with Crippen molar-refractivity contribution < 1.29 is 18.6 Å². The van der Waals surface area contributed by atoms with Crippen LogP contribution in [0.5, 0.6) is 5.75 Å². The molecule has 10 nitrogen and oxygen atoms in total. The van der Waals surface area contributed by atoms with Gasteiger partial charge in [-0.2, -0.15) is 20.1 Å². The summed E-state index contributed by atoms with van der Waals surface area (Å²) in [4.78, 5) is 18.0. The van der Waals surface area contributed by atoms with Crippen LogP contribution in [0.15, 0.2) is 50.4 Å². The van der Waals surface area contributed by atoms with Gasteiger partial charge in [-0.25, -0.2) is 9.82 Å². The predicted octanol–water partition coefficient (Wildman–Crippen LogP) is 4.23. The number of ether oxygens (including phenoxy) is 3. The molecule has 200 valence electrons. The van der Waals surface area contributed by atoms with Gasteiger partial charge >= 0.3 is 0 Å². The molecule has 2 aliphatic rings. The smallest absolute Gasteiger partial charge is 0.250 e. The van der Waals surface area contributed by atoms with Gasteiger partial charge in [0.25, 0.3) is 0 Å². The molecule has 0 unspecified atom stereocenters. The zero-order valence-electron chi connectivity index (χ0n) is 20.4. The molecule has 0 aliphatic carbocycles. The van der Waals surface area contributed by atoms with Gasteiger partial charge in [0.05, 0.1) is 41.6 Å². The summed E-state index contributed by atoms with van der Waals surface area (Å²) in [6.45, 7) is 5.46. The first-order valence-corrected chi connectivity index (χ1v) is 13.7. The monoisotopic (exact) mass is 649 g/mol. The van der Waals surface area contributed by atoms with Gasteiger partial charge in [0.1, 0.15) is 18.2 Å². The lowest BCUT2D eigenvalue weighted by atomic mass is 10.2. The van der Waals surface area contributed by atoms with Crippen LogP contribution < -0.4 is 20.0 Å². The maximum absolute atomic E-state index is 13.9. The number of nitrogens with one attached hydrogen (secondary N) is 1. The normalized spacial score (nSPS) is 16.2. The van der Waals surface area contributed by atoms with E-state index in [9.17, 15) is 4.39 Å². The molecule has 2 aliphatic heterocycles. The van der Waals surface area contributed by atoms with Crippen LogP contribution in [-0.4, -0.2) is 73.8 Å². The van der Waals surface area contributed by atoms with Crippen LogP contribution in [0.3, 0.4) is 0 Å². The highest BCUT2D eigenvalue weighted by Gasteiger charge is 2.20. The lowest BCUT2D eigenvalue weighted by Gasteiger charge is -2.30. The topological polar surface area (TPSA) is 97.2 Å². The van der Waals surface area contributed by atoms with Gasteiger partial charge in [-0.1, -0.05) is 18.2 Å². The number of hydrogen-bond acceptors (Lipinski definition) is 10. The molecule has 0 bridgehead atoms. The van der Waals surface area contributed by atoms with Crippen molar-refractivity contribution in [1.29, 1.82) is 0 Å². The van der Waals surface area contributed by atoms with Crippen LogP contribution >= 0.6 is 31.9 Å². The summed E-state index contributed by atoms with van der Waals surface area (Å²) < 4.78 is 32.1. The van der Waals surface area contributed by atoms with Crippen LogP contribution in [0.1, 0.15) is 11.1 Å². The number of halogens is 3. The van der Waals surface area contributed by atoms with Crippen LogP contribution in [0.2, 0.25) is 0 Å². The third-order valence-corrected chi connectivity index (χ3v) is 7.11. The minimum Gasteiger partial charge on any atom is -0.486 e. The Morgan fingerprint density at radius 3 is 2.08 bits per heavy atom. The van der Waals surface area contributed by atoms with E-state index in [0.29, 0.717) is 90.7 Å². The minimum absolute atomic E-state index is 0.106. The molecule has 13 heteroatoms. The molecule has 5 rings (SSSR count). The van der Waals surface area contributed by atoms with Crippen molar-refractivity contribution in [2.24, 2.45) is 5.10 Å². The lowest BCUT2D eigenvalue weighted by molar-refractivity contribution is 0.121. The number of hydrogen-bond donors (Lipinski definition) is 1. The van der Waals surface area contributed by atoms with Crippen molar-refractivity contribution in [3.63, 3.8) is 0 Å². The van der Waals surface area contributed by atoms with E-state index >= 15 is 0 Å². The van der Waals surface area contributed by atoms with Crippen LogP contribution in [0.4, 0.5) is 22.2 Å². The summed E-state index contributed by atoms with van der Waals surface area (Å²) in [6.07, 6.45) is 1.66. The molecule has 1 N–H and O–H groups in total. The molecule has 2 aromatic carbocycles. The van der Waals surface area contributed by atoms with Gasteiger partial charge in [0.2, 0.25) is 17.8 Å². The van der Waals surface area contributed by atoms with Crippen LogP contribution in [0.25, 0.3) is 0 Å². The number of morpholine rings is 2. The van der Waals surface area contributed by atoms with E-state index in [2.05, 4.69) is 62.2 Å². The van der Waals surface area contributed by atoms with Crippen LogP contribution in [0, 0.1) is 5.82 Å². The summed E-state index contributed by atoms with van der Waals surface area (Å²) in [5.74, 6) is 1.79. The lowest BCUT2D eigenvalue weighted by Crippen LogP contribution is -2.40. The van der Waals surface area contributed by atoms with E-state index in [-0.39, 0.29) is 12.4 Å². The highest BCUT2D eigenvalue weighted by Crippen LogP contribution is 2.35. The maximum Gasteiger partial charge on any atom is 0.250 e. The number of rotatable bonds is 8. The fraction of sp³-hybridized carbons (Fsp3) is 0.360. The Labute approximate surface area is 236 Å². The average molecular weight is 651 g/mol. The fourth-order valence-electron chi connectivity index (χ4n) is 3.94. The second kappa shape index (κ2) is 12.8. The quantitative estimate of drug-likeness (QED) is 0.284. The minimum atomic E-state index is -0.304. The zero-order chi connectivity index (χ0) is 26.3. The molecule has 0 amide bonds. The first kappa shape index (κ1) is 26.7. The molecule has 0 atom stereocenters. The first-order valence-electron chi connectivity index (χ1n) is 12.1. The first-order chi connectivity index (χ1) is 18.6. The molecule has 1 aromatic heterocycles. The van der Waals surface area contributed by atoms with E-state index in [4.69, 9.17) is 19.2 Å². The van der Waals surface area contributed by atoms with Crippen molar-refractivity contribution in [1.82, 2.24) is 15.0 Å². The van der Waals surface area contributed by atoms with Gasteiger partial charge in [-0.3, -0.25) is 0 Å². The average Bonchev–Trinajstić information content (AvgIpc) is 2.94. The summed E-state index contributed by atoms with van der Waals surface area (Å²) in [5.41, 5.74) is 4.22. The third-order valence-electron chi connectivity index (χ3n) is 5.93. The molecule has 0 spiro atoms. The summed E-state index contributed by atoms with van der Waals surface area (Å²) in [7, 11) is 0. The van der Waals surface area contributed by atoms with Crippen molar-refractivity contribution in [3.8, 4) is 5.75 Å². The molecular weight excluding hydrogens is 625 g/mol. The van der Waals surface area contributed by atoms with Gasteiger partial charge in [-0.15, -0.1) is 0 Å². The number of benzene rings is 2. The Morgan fingerprint density at radius 1 is 0.921 bits per heavy atom. The highest BCUT2D eigenvalue weighted by atomic mass is 79.9. The van der Waals surface area contributed by atoms with Crippen molar-refractivity contribution in [2.45, 2.75) is 6.61 Å². The standard InChI is InChI=1S/C25H26Br2FN7O3/c26-19-13-17(14-20(27)22(19)38-16-18-3-1-2-4-21(18)28)15-29-33-23-30-24(34-5-9-36-10-6-34)32-25(31-23)35-7-11-37-12-8-35/h1-4,13-15H,5-12,16H2,(H,30,31,32,33)/b29-15-. The predicted molar refractivity (Wildman–Crippen MR) is 150 cm³/mol. The summed E-state index contributed by atoms with van der Waals surface area (Å²) in [6, 6.07) is 10.3. The number of aromatic nitrogens is 3. The number of hydrazone groups is 1. The van der Waals surface area contributed by atoms with Crippen molar-refractivity contribution in [2.75, 3.05) is 67.8 Å². The molecular formula is C25H26Br2FN7O3. The van der Waals surface area contributed by atoms with Crippen LogP contribution in [-0.2, 0) is 16.1 Å². The second-order valence-corrected chi connectivity index (χ2v) is 10.2. The third kappa shape index (κ3) is 6.76. The van der Waals surface area contributed by atoms with E-state index < -0.39 is 0 Å². The summed E-state index contributed by atoms with van der Waals surface area (Å²) in [5, 5.41) is 4.36. The Kier molecular flexibility index (Phi) is 8.99. The fourth-order valence-corrected chi connectivity index (χ4v) is 5.39. The SMILES string of the molecule is Fc1ccccc1COc1c(Br)cc(/C=N\Nc2nc(N3CCOCC3)nc(N3CCOCC3)n2)cc1Br. The molecule has 2 fully saturated rings. The van der Waals surface area contributed by atoms with E-state index in [1.807, 2.05) is 12.1 Å². The van der Waals surface area contributed by atoms with Gasteiger partial charge in [0, 0.05) is 31.7 Å². The highest BCUT2D eigenvalue weighted by molar-refractivity contribution is 9.11. The Balaban J connectivity index is 1.30. The number of anilines is 3. The van der Waals surface area contributed by atoms with Gasteiger partial charge in [0.15, 0.2) is 0 Å².